The zero-order valence-electron chi connectivity index (χ0n) is 13.8. The van der Waals surface area contributed by atoms with Gasteiger partial charge in [-0.2, -0.15) is 0 Å². The molecule has 0 aliphatic carbocycles. The maximum Gasteiger partial charge on any atom is 0.327 e. The van der Waals surface area contributed by atoms with Gasteiger partial charge in [0.2, 0.25) is 0 Å². The number of amides is 4. The largest absolute Gasteiger partial charge is 0.354 e. The molecule has 0 aromatic carbocycles. The molecule has 124 valence electrons. The average Bonchev–Trinajstić information content (AvgIpc) is 3.12. The molecule has 0 radical (unpaired) electrons. The fourth-order valence-electron chi connectivity index (χ4n) is 3.52. The Hall–Kier alpha value is -2.31. The van der Waals surface area contributed by atoms with Crippen molar-refractivity contribution in [3.8, 4) is 0 Å². The minimum Gasteiger partial charge on any atom is -0.354 e. The summed E-state index contributed by atoms with van der Waals surface area (Å²) in [6.07, 6.45) is 1.81. The van der Waals surface area contributed by atoms with Crippen LogP contribution in [0, 0.1) is 0 Å². The van der Waals surface area contributed by atoms with Crippen LogP contribution in [0.1, 0.15) is 35.9 Å². The van der Waals surface area contributed by atoms with E-state index in [0.717, 1.165) is 12.1 Å². The molecule has 3 rings (SSSR count). The van der Waals surface area contributed by atoms with Crippen molar-refractivity contribution in [3.63, 3.8) is 0 Å². The van der Waals surface area contributed by atoms with Crippen molar-refractivity contribution in [2.45, 2.75) is 31.7 Å². The van der Waals surface area contributed by atoms with E-state index in [-0.39, 0.29) is 17.8 Å². The molecule has 0 bridgehead atoms. The number of piperidine rings is 1. The van der Waals surface area contributed by atoms with Crippen LogP contribution >= 0.6 is 0 Å². The number of likely N-dealkylation sites (N-methyl/N-ethyl adjacent to an activating group) is 2. The summed E-state index contributed by atoms with van der Waals surface area (Å²) >= 11 is 0. The summed E-state index contributed by atoms with van der Waals surface area (Å²) in [4.78, 5) is 44.6. The summed E-state index contributed by atoms with van der Waals surface area (Å²) in [5, 5.41) is 0. The molecule has 3 heterocycles. The van der Waals surface area contributed by atoms with E-state index >= 15 is 0 Å². The van der Waals surface area contributed by atoms with Crippen LogP contribution < -0.4 is 0 Å². The molecular weight excluding hydrogens is 296 g/mol. The smallest absolute Gasteiger partial charge is 0.327 e. The number of imide groups is 1. The Kier molecular flexibility index (Phi) is 3.66. The number of likely N-dealkylation sites (tertiary alicyclic amines) is 1. The van der Waals surface area contributed by atoms with Gasteiger partial charge in [-0.05, 0) is 31.4 Å². The first kappa shape index (κ1) is 15.6. The molecule has 1 spiro atoms. The number of H-pyrrole nitrogens is 1. The first-order valence-electron chi connectivity index (χ1n) is 7.94. The van der Waals surface area contributed by atoms with Gasteiger partial charge in [-0.15, -0.1) is 0 Å². The third kappa shape index (κ3) is 2.22. The fraction of sp³-hybridized carbons (Fsp3) is 0.562. The summed E-state index contributed by atoms with van der Waals surface area (Å²) in [6, 6.07) is 3.45. The zero-order chi connectivity index (χ0) is 16.8. The Morgan fingerprint density at radius 2 is 1.87 bits per heavy atom. The van der Waals surface area contributed by atoms with Gasteiger partial charge in [0.05, 0.1) is 0 Å². The number of rotatable bonds is 2. The van der Waals surface area contributed by atoms with E-state index in [0.29, 0.717) is 31.6 Å². The van der Waals surface area contributed by atoms with Crippen LogP contribution in [0.25, 0.3) is 0 Å². The molecule has 4 amide bonds. The monoisotopic (exact) mass is 318 g/mol. The number of carbonyl (C=O) groups excluding carboxylic acids is 3. The van der Waals surface area contributed by atoms with Gasteiger partial charge in [0.1, 0.15) is 11.2 Å². The van der Waals surface area contributed by atoms with Crippen molar-refractivity contribution >= 4 is 17.8 Å². The van der Waals surface area contributed by atoms with Crippen molar-refractivity contribution < 1.29 is 14.4 Å². The maximum atomic E-state index is 12.5. The Morgan fingerprint density at radius 3 is 2.35 bits per heavy atom. The molecule has 1 aromatic rings. The van der Waals surface area contributed by atoms with Gasteiger partial charge in [-0.25, -0.2) is 4.79 Å². The fourth-order valence-corrected chi connectivity index (χ4v) is 3.52. The SMILES string of the molecule is CCc1ccc(C(=O)N2CCC3(CC2)C(=O)N(C)C(=O)N3C)[nH]1. The molecule has 7 heteroatoms. The van der Waals surface area contributed by atoms with Crippen LogP contribution in [0.3, 0.4) is 0 Å². The number of nitrogens with zero attached hydrogens (tertiary/aromatic N) is 3. The molecule has 23 heavy (non-hydrogen) atoms. The minimum atomic E-state index is -0.785. The standard InChI is InChI=1S/C16H22N4O3/c1-4-11-5-6-12(17-11)13(21)20-9-7-16(8-10-20)14(22)18(2)15(23)19(16)3/h5-6,17H,4,7-10H2,1-3H3. The lowest BCUT2D eigenvalue weighted by molar-refractivity contribution is -0.134. The highest BCUT2D eigenvalue weighted by atomic mass is 16.2. The van der Waals surface area contributed by atoms with Gasteiger partial charge in [0.15, 0.2) is 0 Å². The summed E-state index contributed by atoms with van der Waals surface area (Å²) in [5.41, 5.74) is 0.823. The first-order valence-corrected chi connectivity index (χ1v) is 7.94. The van der Waals surface area contributed by atoms with Crippen molar-refractivity contribution in [2.24, 2.45) is 0 Å². The van der Waals surface area contributed by atoms with E-state index in [4.69, 9.17) is 0 Å². The topological polar surface area (TPSA) is 76.7 Å². The number of aromatic nitrogens is 1. The van der Waals surface area contributed by atoms with E-state index in [9.17, 15) is 14.4 Å². The number of hydrogen-bond acceptors (Lipinski definition) is 3. The van der Waals surface area contributed by atoms with E-state index in [1.54, 1.807) is 18.0 Å². The maximum absolute atomic E-state index is 12.5. The minimum absolute atomic E-state index is 0.0488. The second-order valence-corrected chi connectivity index (χ2v) is 6.28. The number of aromatic amines is 1. The molecule has 1 N–H and O–H groups in total. The van der Waals surface area contributed by atoms with Gasteiger partial charge in [0.25, 0.3) is 11.8 Å². The van der Waals surface area contributed by atoms with Crippen molar-refractivity contribution in [1.82, 2.24) is 19.7 Å². The molecule has 0 unspecified atom stereocenters. The van der Waals surface area contributed by atoms with Gasteiger partial charge >= 0.3 is 6.03 Å². The van der Waals surface area contributed by atoms with Gasteiger partial charge < -0.3 is 14.8 Å². The first-order chi connectivity index (χ1) is 10.9. The highest BCUT2D eigenvalue weighted by Crippen LogP contribution is 2.35. The van der Waals surface area contributed by atoms with Gasteiger partial charge in [-0.1, -0.05) is 6.92 Å². The number of nitrogens with one attached hydrogen (secondary N) is 1. The van der Waals surface area contributed by atoms with E-state index < -0.39 is 5.54 Å². The molecule has 0 saturated carbocycles. The number of aryl methyl sites for hydroxylation is 1. The van der Waals surface area contributed by atoms with Crippen LogP contribution in [0.5, 0.6) is 0 Å². The highest BCUT2D eigenvalue weighted by molar-refractivity contribution is 6.06. The van der Waals surface area contributed by atoms with Gasteiger partial charge in [-0.3, -0.25) is 14.5 Å². The lowest BCUT2D eigenvalue weighted by Crippen LogP contribution is -2.56. The van der Waals surface area contributed by atoms with E-state index in [1.165, 1.54) is 16.8 Å². The molecule has 2 fully saturated rings. The normalized spacial score (nSPS) is 20.7. The van der Waals surface area contributed by atoms with Gasteiger partial charge in [0, 0.05) is 32.9 Å². The molecule has 2 aliphatic heterocycles. The lowest BCUT2D eigenvalue weighted by atomic mass is 9.86. The third-order valence-electron chi connectivity index (χ3n) is 5.15. The molecule has 7 nitrogen and oxygen atoms in total. The molecular formula is C16H22N4O3. The second kappa shape index (κ2) is 5.40. The predicted molar refractivity (Wildman–Crippen MR) is 84.0 cm³/mol. The van der Waals surface area contributed by atoms with Crippen molar-refractivity contribution in [1.29, 1.82) is 0 Å². The molecule has 1 aromatic heterocycles. The number of carbonyl (C=O) groups is 3. The van der Waals surface area contributed by atoms with E-state index in [2.05, 4.69) is 4.98 Å². The average molecular weight is 318 g/mol. The Morgan fingerprint density at radius 1 is 1.22 bits per heavy atom. The Labute approximate surface area is 135 Å². The highest BCUT2D eigenvalue weighted by Gasteiger charge is 2.55. The summed E-state index contributed by atoms with van der Waals surface area (Å²) in [7, 11) is 3.18. The van der Waals surface area contributed by atoms with Crippen molar-refractivity contribution in [2.75, 3.05) is 27.2 Å². The van der Waals surface area contributed by atoms with Crippen molar-refractivity contribution in [3.05, 3.63) is 23.5 Å². The quantitative estimate of drug-likeness (QED) is 0.829. The van der Waals surface area contributed by atoms with Crippen LogP contribution in [-0.2, 0) is 11.2 Å². The molecule has 2 aliphatic rings. The summed E-state index contributed by atoms with van der Waals surface area (Å²) < 4.78 is 0. The Balaban J connectivity index is 1.72. The van der Waals surface area contributed by atoms with Crippen LogP contribution in [0.4, 0.5) is 4.79 Å². The second-order valence-electron chi connectivity index (χ2n) is 6.28. The third-order valence-corrected chi connectivity index (χ3v) is 5.15. The predicted octanol–water partition coefficient (Wildman–Crippen LogP) is 1.08. The van der Waals surface area contributed by atoms with Crippen LogP contribution in [-0.4, -0.2) is 70.3 Å². The molecule has 0 atom stereocenters. The number of hydrogen-bond donors (Lipinski definition) is 1. The number of urea groups is 1. The Bertz CT molecular complexity index is 658. The summed E-state index contributed by atoms with van der Waals surface area (Å²) in [6.45, 7) is 2.97. The summed E-state index contributed by atoms with van der Waals surface area (Å²) in [5.74, 6) is -0.211. The zero-order valence-corrected chi connectivity index (χ0v) is 13.8. The molecule has 2 saturated heterocycles. The van der Waals surface area contributed by atoms with Crippen LogP contribution in [0.15, 0.2) is 12.1 Å². The van der Waals surface area contributed by atoms with E-state index in [1.807, 2.05) is 13.0 Å². The van der Waals surface area contributed by atoms with Crippen LogP contribution in [0.2, 0.25) is 0 Å². The lowest BCUT2D eigenvalue weighted by Gasteiger charge is -2.40.